The van der Waals surface area contributed by atoms with E-state index < -0.39 is 11.8 Å². The van der Waals surface area contributed by atoms with Gasteiger partial charge in [-0.25, -0.2) is 13.6 Å². The Morgan fingerprint density at radius 3 is 2.57 bits per heavy atom. The van der Waals surface area contributed by atoms with Gasteiger partial charge < -0.3 is 0 Å². The van der Waals surface area contributed by atoms with Gasteiger partial charge in [-0.3, -0.25) is 0 Å². The number of rotatable bonds is 2. The van der Waals surface area contributed by atoms with Gasteiger partial charge in [0.2, 0.25) is 0 Å². The Kier molecular flexibility index (Phi) is 2.85. The van der Waals surface area contributed by atoms with Gasteiger partial charge in [0.05, 0.1) is 6.57 Å². The van der Waals surface area contributed by atoms with Crippen LogP contribution in [0.5, 0.6) is 0 Å². The second-order valence-corrected chi connectivity index (χ2v) is 3.63. The summed E-state index contributed by atoms with van der Waals surface area (Å²) in [6.45, 7) is 9.11. The van der Waals surface area contributed by atoms with Crippen molar-refractivity contribution < 1.29 is 8.78 Å². The smallest absolute Gasteiger partial charge is 0.187 e. The Morgan fingerprint density at radius 1 is 1.43 bits per heavy atom. The lowest BCUT2D eigenvalue weighted by molar-refractivity contribution is 0.0853. The summed E-state index contributed by atoms with van der Waals surface area (Å²) in [7, 11) is 0. The number of benzene rings is 1. The van der Waals surface area contributed by atoms with Crippen molar-refractivity contribution in [3.8, 4) is 0 Å². The van der Waals surface area contributed by atoms with Crippen molar-refractivity contribution in [1.29, 1.82) is 0 Å². The van der Waals surface area contributed by atoms with Crippen molar-refractivity contribution in [2.45, 2.75) is 25.7 Å². The van der Waals surface area contributed by atoms with Crippen molar-refractivity contribution in [2.24, 2.45) is 0 Å². The van der Waals surface area contributed by atoms with Crippen LogP contribution in [0.15, 0.2) is 24.3 Å². The molecule has 0 bridgehead atoms. The first kappa shape index (κ1) is 10.6. The van der Waals surface area contributed by atoms with Crippen LogP contribution in [-0.4, -0.2) is 5.67 Å². The molecular formula is C11H11F2N. The third-order valence-electron chi connectivity index (χ3n) is 1.89. The Labute approximate surface area is 82.2 Å². The molecule has 0 aromatic heterocycles. The normalized spacial score (nSPS) is 13.4. The second kappa shape index (κ2) is 3.75. The molecular weight excluding hydrogens is 184 g/mol. The van der Waals surface area contributed by atoms with Gasteiger partial charge >= 0.3 is 0 Å². The highest BCUT2D eigenvalue weighted by atomic mass is 19.2. The number of halogens is 2. The van der Waals surface area contributed by atoms with Gasteiger partial charge in [0.25, 0.3) is 0 Å². The van der Waals surface area contributed by atoms with Crippen LogP contribution in [0.1, 0.15) is 25.6 Å². The number of nitrogens with zero attached hydrogens (tertiary/aromatic N) is 1. The number of alkyl halides is 2. The fraction of sp³-hybridized carbons (Fsp3) is 0.364. The summed E-state index contributed by atoms with van der Waals surface area (Å²) in [6.07, 6.45) is -1.69. The summed E-state index contributed by atoms with van der Waals surface area (Å²) in [6, 6.07) is 5.98. The molecule has 0 aliphatic rings. The molecule has 0 saturated carbocycles. The summed E-state index contributed by atoms with van der Waals surface area (Å²) >= 11 is 0. The van der Waals surface area contributed by atoms with E-state index in [1.54, 1.807) is 12.1 Å². The molecule has 0 radical (unpaired) electrons. The molecule has 3 heteroatoms. The maximum atomic E-state index is 13.5. The monoisotopic (exact) mass is 195 g/mol. The van der Waals surface area contributed by atoms with Gasteiger partial charge in [-0.15, -0.1) is 0 Å². The summed E-state index contributed by atoms with van der Waals surface area (Å²) in [4.78, 5) is 3.16. The summed E-state index contributed by atoms with van der Waals surface area (Å²) in [5, 5.41) is 0. The Bertz CT molecular complexity index is 360. The zero-order valence-corrected chi connectivity index (χ0v) is 8.09. The quantitative estimate of drug-likeness (QED) is 0.628. The van der Waals surface area contributed by atoms with E-state index in [9.17, 15) is 8.78 Å². The van der Waals surface area contributed by atoms with E-state index in [0.29, 0.717) is 5.69 Å². The molecule has 1 atom stereocenters. The predicted molar refractivity (Wildman–Crippen MR) is 51.7 cm³/mol. The van der Waals surface area contributed by atoms with Crippen molar-refractivity contribution in [1.82, 2.24) is 0 Å². The first-order valence-corrected chi connectivity index (χ1v) is 4.25. The van der Waals surface area contributed by atoms with Crippen LogP contribution in [0.2, 0.25) is 0 Å². The highest BCUT2D eigenvalue weighted by Gasteiger charge is 2.30. The minimum atomic E-state index is -1.92. The van der Waals surface area contributed by atoms with Crippen LogP contribution in [0.25, 0.3) is 4.85 Å². The first-order chi connectivity index (χ1) is 6.45. The Balaban J connectivity index is 3.03. The number of hydrogen-bond donors (Lipinski definition) is 0. The highest BCUT2D eigenvalue weighted by Crippen LogP contribution is 2.33. The third kappa shape index (κ3) is 2.29. The zero-order valence-electron chi connectivity index (χ0n) is 8.09. The van der Waals surface area contributed by atoms with E-state index in [2.05, 4.69) is 4.85 Å². The molecule has 74 valence electrons. The summed E-state index contributed by atoms with van der Waals surface area (Å²) in [5.41, 5.74) is -1.37. The van der Waals surface area contributed by atoms with E-state index >= 15 is 0 Å². The van der Waals surface area contributed by atoms with Gasteiger partial charge in [-0.1, -0.05) is 24.3 Å². The average molecular weight is 195 g/mol. The fourth-order valence-electron chi connectivity index (χ4n) is 1.15. The van der Waals surface area contributed by atoms with Gasteiger partial charge in [-0.05, 0) is 19.4 Å². The van der Waals surface area contributed by atoms with Crippen LogP contribution in [-0.2, 0) is 0 Å². The Hall–Kier alpha value is -1.43. The maximum Gasteiger partial charge on any atom is 0.187 e. The minimum Gasteiger partial charge on any atom is -0.241 e. The minimum absolute atomic E-state index is 0.214. The van der Waals surface area contributed by atoms with Gasteiger partial charge in [-0.2, -0.15) is 0 Å². The molecule has 1 nitrogen and oxygen atoms in total. The van der Waals surface area contributed by atoms with E-state index in [1.807, 2.05) is 0 Å². The standard InChI is InChI=1S/C11H11F2N/c1-11(2,13)10(12)8-5-4-6-9(7-8)14-3/h4-7,10H,1-2H3. The predicted octanol–water partition coefficient (Wildman–Crippen LogP) is 4.00. The molecule has 0 N–H and O–H groups in total. The van der Waals surface area contributed by atoms with Crippen LogP contribution in [0.4, 0.5) is 14.5 Å². The first-order valence-electron chi connectivity index (χ1n) is 4.25. The van der Waals surface area contributed by atoms with Gasteiger partial charge in [0, 0.05) is 0 Å². The zero-order chi connectivity index (χ0) is 10.8. The summed E-state index contributed by atoms with van der Waals surface area (Å²) in [5.74, 6) is 0. The fourth-order valence-corrected chi connectivity index (χ4v) is 1.15. The third-order valence-corrected chi connectivity index (χ3v) is 1.89. The molecule has 0 heterocycles. The molecule has 1 rings (SSSR count). The molecule has 0 aliphatic carbocycles. The highest BCUT2D eigenvalue weighted by molar-refractivity contribution is 5.47. The van der Waals surface area contributed by atoms with Crippen LogP contribution >= 0.6 is 0 Å². The van der Waals surface area contributed by atoms with Crippen molar-refractivity contribution >= 4 is 5.69 Å². The molecule has 0 fully saturated rings. The van der Waals surface area contributed by atoms with Crippen molar-refractivity contribution in [3.05, 3.63) is 41.2 Å². The molecule has 0 aliphatic heterocycles. The molecule has 0 spiro atoms. The van der Waals surface area contributed by atoms with Crippen molar-refractivity contribution in [3.63, 3.8) is 0 Å². The van der Waals surface area contributed by atoms with E-state index in [4.69, 9.17) is 6.57 Å². The van der Waals surface area contributed by atoms with E-state index in [-0.39, 0.29) is 5.56 Å². The molecule has 0 saturated heterocycles. The summed E-state index contributed by atoms with van der Waals surface area (Å²) < 4.78 is 26.7. The molecule has 1 aromatic rings. The molecule has 14 heavy (non-hydrogen) atoms. The maximum absolute atomic E-state index is 13.5. The topological polar surface area (TPSA) is 4.36 Å². The van der Waals surface area contributed by atoms with Gasteiger partial charge in [0.1, 0.15) is 5.67 Å². The lowest BCUT2D eigenvalue weighted by atomic mass is 9.97. The average Bonchev–Trinajstić information content (AvgIpc) is 2.15. The second-order valence-electron chi connectivity index (χ2n) is 3.63. The van der Waals surface area contributed by atoms with E-state index in [1.165, 1.54) is 26.0 Å². The molecule has 1 aromatic carbocycles. The van der Waals surface area contributed by atoms with Crippen LogP contribution in [0, 0.1) is 6.57 Å². The number of hydrogen-bond acceptors (Lipinski definition) is 0. The van der Waals surface area contributed by atoms with Crippen LogP contribution in [0.3, 0.4) is 0 Å². The lowest BCUT2D eigenvalue weighted by Gasteiger charge is -2.19. The van der Waals surface area contributed by atoms with Crippen molar-refractivity contribution in [2.75, 3.05) is 0 Å². The van der Waals surface area contributed by atoms with Gasteiger partial charge in [0.15, 0.2) is 11.9 Å². The van der Waals surface area contributed by atoms with E-state index in [0.717, 1.165) is 0 Å². The lowest BCUT2D eigenvalue weighted by Crippen LogP contribution is -2.19. The van der Waals surface area contributed by atoms with Crippen LogP contribution < -0.4 is 0 Å². The molecule has 1 unspecified atom stereocenters. The SMILES string of the molecule is [C-]#[N+]c1cccc(C(F)C(C)(C)F)c1. The largest absolute Gasteiger partial charge is 0.241 e. The molecule has 0 amide bonds. The Morgan fingerprint density at radius 2 is 2.07 bits per heavy atom.